The second-order valence-corrected chi connectivity index (χ2v) is 6.67. The Balaban J connectivity index is 1.52. The number of rotatable bonds is 4. The van der Waals surface area contributed by atoms with Crippen LogP contribution in [0.1, 0.15) is 44.2 Å². The van der Waals surface area contributed by atoms with Crippen molar-refractivity contribution < 1.29 is 4.74 Å². The number of aryl methyl sites for hydroxylation is 1. The van der Waals surface area contributed by atoms with Crippen LogP contribution in [-0.4, -0.2) is 18.7 Å². The number of benzene rings is 1. The first kappa shape index (κ1) is 13.9. The lowest BCUT2D eigenvalue weighted by Gasteiger charge is -2.22. The second-order valence-electron chi connectivity index (χ2n) is 6.67. The Morgan fingerprint density at radius 3 is 2.90 bits per heavy atom. The molecule has 3 rings (SSSR count). The SMILES string of the molecule is CCC1CCC(NCC2Cc3cc(C)ccc3O2)C1C. The van der Waals surface area contributed by atoms with E-state index in [0.717, 1.165) is 30.6 Å². The van der Waals surface area contributed by atoms with E-state index in [4.69, 9.17) is 4.74 Å². The van der Waals surface area contributed by atoms with Gasteiger partial charge in [0.2, 0.25) is 0 Å². The van der Waals surface area contributed by atoms with Gasteiger partial charge in [-0.25, -0.2) is 0 Å². The molecule has 1 heterocycles. The average molecular weight is 273 g/mol. The van der Waals surface area contributed by atoms with Gasteiger partial charge >= 0.3 is 0 Å². The highest BCUT2D eigenvalue weighted by Gasteiger charge is 2.32. The molecule has 1 N–H and O–H groups in total. The molecular formula is C18H27NO. The summed E-state index contributed by atoms with van der Waals surface area (Å²) in [5, 5.41) is 3.76. The predicted molar refractivity (Wildman–Crippen MR) is 83.3 cm³/mol. The highest BCUT2D eigenvalue weighted by Crippen LogP contribution is 2.34. The van der Waals surface area contributed by atoms with Crippen molar-refractivity contribution in [1.82, 2.24) is 5.32 Å². The van der Waals surface area contributed by atoms with Gasteiger partial charge in [0.15, 0.2) is 0 Å². The molecule has 0 saturated heterocycles. The zero-order valence-electron chi connectivity index (χ0n) is 13.0. The third-order valence-electron chi connectivity index (χ3n) is 5.32. The molecule has 20 heavy (non-hydrogen) atoms. The van der Waals surface area contributed by atoms with Gasteiger partial charge in [0, 0.05) is 19.0 Å². The Labute approximate surface area is 122 Å². The van der Waals surface area contributed by atoms with Gasteiger partial charge in [0.1, 0.15) is 11.9 Å². The molecule has 2 heteroatoms. The zero-order valence-corrected chi connectivity index (χ0v) is 13.0. The van der Waals surface area contributed by atoms with Crippen LogP contribution in [0.15, 0.2) is 18.2 Å². The number of nitrogens with one attached hydrogen (secondary N) is 1. The number of fused-ring (bicyclic) bond motifs is 1. The maximum absolute atomic E-state index is 6.05. The maximum Gasteiger partial charge on any atom is 0.123 e. The van der Waals surface area contributed by atoms with E-state index >= 15 is 0 Å². The van der Waals surface area contributed by atoms with Crippen LogP contribution < -0.4 is 10.1 Å². The standard InChI is InChI=1S/C18H27NO/c1-4-14-6-7-17(13(14)3)19-11-16-10-15-9-12(2)5-8-18(15)20-16/h5,8-9,13-14,16-17,19H,4,6-7,10-11H2,1-3H3. The Bertz CT molecular complexity index is 470. The van der Waals surface area contributed by atoms with Crippen LogP contribution in [0, 0.1) is 18.8 Å². The van der Waals surface area contributed by atoms with Crippen molar-refractivity contribution in [2.75, 3.05) is 6.54 Å². The monoisotopic (exact) mass is 273 g/mol. The molecule has 0 amide bonds. The van der Waals surface area contributed by atoms with Crippen LogP contribution >= 0.6 is 0 Å². The summed E-state index contributed by atoms with van der Waals surface area (Å²) in [4.78, 5) is 0. The minimum atomic E-state index is 0.319. The van der Waals surface area contributed by atoms with Crippen LogP contribution in [0.3, 0.4) is 0 Å². The third kappa shape index (κ3) is 2.71. The van der Waals surface area contributed by atoms with Gasteiger partial charge in [-0.2, -0.15) is 0 Å². The largest absolute Gasteiger partial charge is 0.488 e. The van der Waals surface area contributed by atoms with E-state index in [0.29, 0.717) is 12.1 Å². The molecule has 1 aromatic rings. The molecule has 1 aliphatic heterocycles. The van der Waals surface area contributed by atoms with Crippen LogP contribution in [0.25, 0.3) is 0 Å². The molecular weight excluding hydrogens is 246 g/mol. The van der Waals surface area contributed by atoms with Gasteiger partial charge in [0.25, 0.3) is 0 Å². The fourth-order valence-electron chi connectivity index (χ4n) is 3.96. The van der Waals surface area contributed by atoms with Gasteiger partial charge in [0.05, 0.1) is 0 Å². The second kappa shape index (κ2) is 5.77. The van der Waals surface area contributed by atoms with Crippen LogP contribution in [0.2, 0.25) is 0 Å². The quantitative estimate of drug-likeness (QED) is 0.903. The maximum atomic E-state index is 6.05. The Morgan fingerprint density at radius 1 is 1.30 bits per heavy atom. The summed E-state index contributed by atoms with van der Waals surface area (Å²) in [5.74, 6) is 2.82. The topological polar surface area (TPSA) is 21.3 Å². The lowest BCUT2D eigenvalue weighted by atomic mass is 9.93. The van der Waals surface area contributed by atoms with E-state index in [-0.39, 0.29) is 0 Å². The third-order valence-corrected chi connectivity index (χ3v) is 5.32. The molecule has 0 bridgehead atoms. The summed E-state index contributed by atoms with van der Waals surface area (Å²) in [6, 6.07) is 7.21. The molecule has 1 fully saturated rings. The van der Waals surface area contributed by atoms with E-state index in [1.165, 1.54) is 30.4 Å². The summed E-state index contributed by atoms with van der Waals surface area (Å²) < 4.78 is 6.05. The Kier molecular flexibility index (Phi) is 4.02. The van der Waals surface area contributed by atoms with Crippen molar-refractivity contribution in [2.24, 2.45) is 11.8 Å². The Hall–Kier alpha value is -1.02. The highest BCUT2D eigenvalue weighted by atomic mass is 16.5. The first-order chi connectivity index (χ1) is 9.67. The number of hydrogen-bond donors (Lipinski definition) is 1. The van der Waals surface area contributed by atoms with Gasteiger partial charge in [-0.1, -0.05) is 38.0 Å². The fraction of sp³-hybridized carbons (Fsp3) is 0.667. The molecule has 1 aromatic carbocycles. The van der Waals surface area contributed by atoms with E-state index < -0.39 is 0 Å². The van der Waals surface area contributed by atoms with Crippen LogP contribution in [0.4, 0.5) is 0 Å². The predicted octanol–water partition coefficient (Wildman–Crippen LogP) is 3.71. The van der Waals surface area contributed by atoms with Crippen molar-refractivity contribution in [3.05, 3.63) is 29.3 Å². The van der Waals surface area contributed by atoms with Crippen LogP contribution in [0.5, 0.6) is 5.75 Å². The Morgan fingerprint density at radius 2 is 2.15 bits per heavy atom. The molecule has 2 aliphatic rings. The molecule has 4 atom stereocenters. The van der Waals surface area contributed by atoms with Crippen molar-refractivity contribution >= 4 is 0 Å². The van der Waals surface area contributed by atoms with Gasteiger partial charge in [-0.3, -0.25) is 0 Å². The molecule has 0 radical (unpaired) electrons. The molecule has 4 unspecified atom stereocenters. The molecule has 110 valence electrons. The molecule has 0 spiro atoms. The minimum absolute atomic E-state index is 0.319. The molecule has 2 nitrogen and oxygen atoms in total. The first-order valence-corrected chi connectivity index (χ1v) is 8.17. The fourth-order valence-corrected chi connectivity index (χ4v) is 3.96. The summed E-state index contributed by atoms with van der Waals surface area (Å²) in [5.41, 5.74) is 2.71. The molecule has 0 aromatic heterocycles. The van der Waals surface area contributed by atoms with Crippen molar-refractivity contribution in [3.63, 3.8) is 0 Å². The summed E-state index contributed by atoms with van der Waals surface area (Å²) in [6.07, 6.45) is 5.42. The normalized spacial score (nSPS) is 32.1. The summed E-state index contributed by atoms with van der Waals surface area (Å²) in [6.45, 7) is 7.87. The van der Waals surface area contributed by atoms with Crippen molar-refractivity contribution in [2.45, 2.75) is 58.6 Å². The van der Waals surface area contributed by atoms with Crippen molar-refractivity contribution in [1.29, 1.82) is 0 Å². The van der Waals surface area contributed by atoms with Crippen molar-refractivity contribution in [3.8, 4) is 5.75 Å². The smallest absolute Gasteiger partial charge is 0.123 e. The highest BCUT2D eigenvalue weighted by molar-refractivity contribution is 5.40. The molecule has 1 saturated carbocycles. The summed E-state index contributed by atoms with van der Waals surface area (Å²) in [7, 11) is 0. The van der Waals surface area contributed by atoms with E-state index in [2.05, 4.69) is 44.3 Å². The lowest BCUT2D eigenvalue weighted by Crippen LogP contribution is -2.39. The van der Waals surface area contributed by atoms with Gasteiger partial charge in [-0.05, 0) is 43.2 Å². The number of hydrogen-bond acceptors (Lipinski definition) is 2. The average Bonchev–Trinajstić information content (AvgIpc) is 2.99. The lowest BCUT2D eigenvalue weighted by molar-refractivity contribution is 0.213. The molecule has 1 aliphatic carbocycles. The van der Waals surface area contributed by atoms with Gasteiger partial charge < -0.3 is 10.1 Å². The van der Waals surface area contributed by atoms with Crippen LogP contribution in [-0.2, 0) is 6.42 Å². The van der Waals surface area contributed by atoms with E-state index in [1.807, 2.05) is 0 Å². The number of ether oxygens (including phenoxy) is 1. The van der Waals surface area contributed by atoms with Gasteiger partial charge in [-0.15, -0.1) is 0 Å². The van der Waals surface area contributed by atoms with E-state index in [9.17, 15) is 0 Å². The minimum Gasteiger partial charge on any atom is -0.488 e. The van der Waals surface area contributed by atoms with E-state index in [1.54, 1.807) is 0 Å². The summed E-state index contributed by atoms with van der Waals surface area (Å²) >= 11 is 0. The zero-order chi connectivity index (χ0) is 14.1. The first-order valence-electron chi connectivity index (χ1n) is 8.17.